The number of anilines is 2. The summed E-state index contributed by atoms with van der Waals surface area (Å²) >= 11 is 0. The molecule has 2 amide bonds. The predicted molar refractivity (Wildman–Crippen MR) is 104 cm³/mol. The molecule has 138 valence electrons. The molecule has 1 N–H and O–H groups in total. The van der Waals surface area contributed by atoms with Crippen LogP contribution in [0.1, 0.15) is 24.0 Å². The zero-order valence-electron chi connectivity index (χ0n) is 14.8. The molecular formula is C20H19N3O4. The van der Waals surface area contributed by atoms with E-state index in [2.05, 4.69) is 5.32 Å². The van der Waals surface area contributed by atoms with Gasteiger partial charge in [0.25, 0.3) is 5.69 Å². The van der Waals surface area contributed by atoms with Crippen molar-refractivity contribution in [3.05, 3.63) is 69.8 Å². The highest BCUT2D eigenvalue weighted by Crippen LogP contribution is 2.23. The molecule has 7 nitrogen and oxygen atoms in total. The molecule has 0 saturated carbocycles. The Hall–Kier alpha value is -3.48. The van der Waals surface area contributed by atoms with Gasteiger partial charge in [0.05, 0.1) is 4.92 Å². The van der Waals surface area contributed by atoms with E-state index in [0.717, 1.165) is 24.2 Å². The lowest BCUT2D eigenvalue weighted by atomic mass is 10.1. The van der Waals surface area contributed by atoms with E-state index < -0.39 is 4.92 Å². The largest absolute Gasteiger partial charge is 0.322 e. The van der Waals surface area contributed by atoms with Crippen molar-refractivity contribution in [2.45, 2.75) is 19.8 Å². The lowest BCUT2D eigenvalue weighted by Crippen LogP contribution is -2.23. The zero-order valence-corrected chi connectivity index (χ0v) is 14.8. The van der Waals surface area contributed by atoms with E-state index >= 15 is 0 Å². The van der Waals surface area contributed by atoms with Gasteiger partial charge in [0, 0.05) is 42.0 Å². The third-order valence-corrected chi connectivity index (χ3v) is 4.38. The van der Waals surface area contributed by atoms with Crippen LogP contribution in [0.15, 0.2) is 48.5 Å². The van der Waals surface area contributed by atoms with Gasteiger partial charge in [-0.15, -0.1) is 0 Å². The first-order valence-electron chi connectivity index (χ1n) is 8.58. The van der Waals surface area contributed by atoms with Crippen LogP contribution in [0.25, 0.3) is 6.08 Å². The Morgan fingerprint density at radius 1 is 1.22 bits per heavy atom. The number of nitrogens with zero attached hydrogens (tertiary/aromatic N) is 2. The number of benzene rings is 2. The molecular weight excluding hydrogens is 346 g/mol. The summed E-state index contributed by atoms with van der Waals surface area (Å²) in [5.74, 6) is -0.253. The fraction of sp³-hybridized carbons (Fsp3) is 0.200. The molecule has 1 heterocycles. The Balaban J connectivity index is 1.64. The summed E-state index contributed by atoms with van der Waals surface area (Å²) in [6.45, 7) is 2.38. The molecule has 1 aliphatic heterocycles. The molecule has 0 aliphatic carbocycles. The fourth-order valence-corrected chi connectivity index (χ4v) is 2.93. The molecule has 1 saturated heterocycles. The highest BCUT2D eigenvalue weighted by Gasteiger charge is 2.21. The van der Waals surface area contributed by atoms with Crippen LogP contribution < -0.4 is 10.2 Å². The summed E-state index contributed by atoms with van der Waals surface area (Å²) in [6, 6.07) is 11.9. The van der Waals surface area contributed by atoms with Crippen molar-refractivity contribution in [1.29, 1.82) is 0 Å². The quantitative estimate of drug-likeness (QED) is 0.497. The molecule has 3 rings (SSSR count). The van der Waals surface area contributed by atoms with Crippen LogP contribution in [-0.2, 0) is 9.59 Å². The average molecular weight is 365 g/mol. The summed E-state index contributed by atoms with van der Waals surface area (Å²) in [6.07, 6.45) is 4.46. The molecule has 0 atom stereocenters. The monoisotopic (exact) mass is 365 g/mol. The maximum Gasteiger partial charge on any atom is 0.274 e. The number of aryl methyl sites for hydroxylation is 1. The molecule has 0 radical (unpaired) electrons. The zero-order chi connectivity index (χ0) is 19.4. The van der Waals surface area contributed by atoms with Gasteiger partial charge in [-0.3, -0.25) is 19.7 Å². The van der Waals surface area contributed by atoms with E-state index in [4.69, 9.17) is 0 Å². The first kappa shape index (κ1) is 18.3. The maximum absolute atomic E-state index is 12.1. The van der Waals surface area contributed by atoms with E-state index in [0.29, 0.717) is 17.7 Å². The van der Waals surface area contributed by atoms with Crippen molar-refractivity contribution < 1.29 is 14.5 Å². The second-order valence-electron chi connectivity index (χ2n) is 6.32. The van der Waals surface area contributed by atoms with Crippen LogP contribution in [0.2, 0.25) is 0 Å². The minimum absolute atomic E-state index is 0.0381. The highest BCUT2D eigenvalue weighted by molar-refractivity contribution is 6.02. The first-order chi connectivity index (χ1) is 12.9. The van der Waals surface area contributed by atoms with Gasteiger partial charge < -0.3 is 10.2 Å². The van der Waals surface area contributed by atoms with Crippen molar-refractivity contribution in [2.75, 3.05) is 16.8 Å². The van der Waals surface area contributed by atoms with Gasteiger partial charge in [-0.05, 0) is 43.2 Å². The third-order valence-electron chi connectivity index (χ3n) is 4.38. The molecule has 27 heavy (non-hydrogen) atoms. The number of nitrogens with one attached hydrogen (secondary N) is 1. The number of carbonyl (C=O) groups excluding carboxylic acids is 2. The summed E-state index contributed by atoms with van der Waals surface area (Å²) in [4.78, 5) is 36.0. The number of carbonyl (C=O) groups is 2. The molecule has 0 unspecified atom stereocenters. The summed E-state index contributed by atoms with van der Waals surface area (Å²) in [5, 5.41) is 13.6. The van der Waals surface area contributed by atoms with Gasteiger partial charge in [-0.1, -0.05) is 18.2 Å². The fourth-order valence-electron chi connectivity index (χ4n) is 2.93. The predicted octanol–water partition coefficient (Wildman–Crippen LogP) is 3.68. The standard InChI is InChI=1S/C20H19N3O4/c1-14-4-8-16(13-18(14)23(26)27)21-19(24)11-7-15-5-9-17(10-6-15)22-12-2-3-20(22)25/h4-11,13H,2-3,12H2,1H3,(H,21,24)/b11-7+. The topological polar surface area (TPSA) is 92.6 Å². The third kappa shape index (κ3) is 4.38. The van der Waals surface area contributed by atoms with Crippen molar-refractivity contribution in [3.8, 4) is 0 Å². The van der Waals surface area contributed by atoms with Crippen LogP contribution >= 0.6 is 0 Å². The Labute approximate surface area is 156 Å². The van der Waals surface area contributed by atoms with Crippen LogP contribution in [0, 0.1) is 17.0 Å². The van der Waals surface area contributed by atoms with Crippen molar-refractivity contribution in [3.63, 3.8) is 0 Å². The second-order valence-corrected chi connectivity index (χ2v) is 6.32. The van der Waals surface area contributed by atoms with E-state index in [9.17, 15) is 19.7 Å². The minimum Gasteiger partial charge on any atom is -0.322 e. The van der Waals surface area contributed by atoms with E-state index in [-0.39, 0.29) is 17.5 Å². The molecule has 2 aromatic rings. The summed E-state index contributed by atoms with van der Waals surface area (Å²) in [7, 11) is 0. The van der Waals surface area contributed by atoms with Gasteiger partial charge >= 0.3 is 0 Å². The number of hydrogen-bond acceptors (Lipinski definition) is 4. The summed E-state index contributed by atoms with van der Waals surface area (Å²) < 4.78 is 0. The number of nitro groups is 1. The highest BCUT2D eigenvalue weighted by atomic mass is 16.6. The van der Waals surface area contributed by atoms with Gasteiger partial charge in [0.15, 0.2) is 0 Å². The smallest absolute Gasteiger partial charge is 0.274 e. The number of amides is 2. The molecule has 1 aliphatic rings. The van der Waals surface area contributed by atoms with E-state index in [1.807, 2.05) is 24.3 Å². The van der Waals surface area contributed by atoms with Gasteiger partial charge in [-0.25, -0.2) is 0 Å². The van der Waals surface area contributed by atoms with Crippen LogP contribution in [0.3, 0.4) is 0 Å². The Bertz CT molecular complexity index is 919. The normalized spacial score (nSPS) is 14.0. The number of rotatable bonds is 5. The van der Waals surface area contributed by atoms with Crippen molar-refractivity contribution >= 4 is 35.0 Å². The van der Waals surface area contributed by atoms with Gasteiger partial charge in [-0.2, -0.15) is 0 Å². The molecule has 7 heteroatoms. The average Bonchev–Trinajstić information content (AvgIpc) is 3.08. The van der Waals surface area contributed by atoms with Gasteiger partial charge in [0.1, 0.15) is 0 Å². The molecule has 1 fully saturated rings. The molecule has 0 bridgehead atoms. The molecule has 0 spiro atoms. The maximum atomic E-state index is 12.1. The lowest BCUT2D eigenvalue weighted by Gasteiger charge is -2.15. The SMILES string of the molecule is Cc1ccc(NC(=O)/C=C/c2ccc(N3CCCC3=O)cc2)cc1[N+](=O)[O-]. The van der Waals surface area contributed by atoms with Crippen LogP contribution in [-0.4, -0.2) is 23.3 Å². The van der Waals surface area contributed by atoms with Crippen molar-refractivity contribution in [2.24, 2.45) is 0 Å². The minimum atomic E-state index is -0.479. The number of nitro benzene ring substituents is 1. The van der Waals surface area contributed by atoms with Crippen molar-refractivity contribution in [1.82, 2.24) is 0 Å². The summed E-state index contributed by atoms with van der Waals surface area (Å²) in [5.41, 5.74) is 2.53. The van der Waals surface area contributed by atoms with Crippen LogP contribution in [0.5, 0.6) is 0 Å². The number of hydrogen-bond donors (Lipinski definition) is 1. The lowest BCUT2D eigenvalue weighted by molar-refractivity contribution is -0.385. The van der Waals surface area contributed by atoms with E-state index in [1.165, 1.54) is 12.1 Å². The second kappa shape index (κ2) is 7.82. The van der Waals surface area contributed by atoms with Crippen LogP contribution in [0.4, 0.5) is 17.1 Å². The van der Waals surface area contributed by atoms with E-state index in [1.54, 1.807) is 30.0 Å². The Morgan fingerprint density at radius 3 is 2.59 bits per heavy atom. The Kier molecular flexibility index (Phi) is 5.30. The first-order valence-corrected chi connectivity index (χ1v) is 8.58. The van der Waals surface area contributed by atoms with Gasteiger partial charge in [0.2, 0.25) is 11.8 Å². The Morgan fingerprint density at radius 2 is 1.96 bits per heavy atom. The molecule has 0 aromatic heterocycles. The molecule has 2 aromatic carbocycles.